The van der Waals surface area contributed by atoms with Crippen molar-refractivity contribution in [2.75, 3.05) is 11.9 Å². The standard InChI is InChI=1S/C18H12ClFN4O/c19-10-5-6-15-12(7-10)16-13(8-25-15)17(11-3-1-2-4-14(11)20)24-18(23-16)21-9-22-24/h1-7,9,17H,8H2,(H,21,22,23). The van der Waals surface area contributed by atoms with Crippen molar-refractivity contribution >= 4 is 23.2 Å². The molecule has 124 valence electrons. The third-order valence-electron chi connectivity index (χ3n) is 4.50. The summed E-state index contributed by atoms with van der Waals surface area (Å²) in [6.45, 7) is 0.329. The Morgan fingerprint density at radius 3 is 3.00 bits per heavy atom. The largest absolute Gasteiger partial charge is 0.488 e. The second kappa shape index (κ2) is 5.32. The fourth-order valence-corrected chi connectivity index (χ4v) is 3.56. The lowest BCUT2D eigenvalue weighted by Crippen LogP contribution is -2.30. The molecule has 25 heavy (non-hydrogen) atoms. The van der Waals surface area contributed by atoms with Crippen molar-refractivity contribution in [3.63, 3.8) is 0 Å². The summed E-state index contributed by atoms with van der Waals surface area (Å²) in [5.41, 5.74) is 3.09. The third-order valence-corrected chi connectivity index (χ3v) is 4.73. The molecule has 0 spiro atoms. The second-order valence-corrected chi connectivity index (χ2v) is 6.34. The molecule has 2 aromatic carbocycles. The highest BCUT2D eigenvalue weighted by atomic mass is 35.5. The van der Waals surface area contributed by atoms with Gasteiger partial charge in [0.15, 0.2) is 0 Å². The summed E-state index contributed by atoms with van der Waals surface area (Å²) in [6, 6.07) is 11.7. The van der Waals surface area contributed by atoms with Crippen molar-refractivity contribution in [3.05, 3.63) is 76.3 Å². The normalized spacial score (nSPS) is 17.9. The molecule has 0 saturated carbocycles. The minimum atomic E-state index is -0.429. The molecule has 2 aliphatic rings. The van der Waals surface area contributed by atoms with Crippen LogP contribution in [0.4, 0.5) is 10.3 Å². The van der Waals surface area contributed by atoms with E-state index in [0.29, 0.717) is 23.1 Å². The van der Waals surface area contributed by atoms with Crippen LogP contribution in [-0.4, -0.2) is 21.4 Å². The molecule has 0 amide bonds. The quantitative estimate of drug-likeness (QED) is 0.720. The first kappa shape index (κ1) is 14.5. The van der Waals surface area contributed by atoms with Crippen LogP contribution in [0.2, 0.25) is 5.02 Å². The summed E-state index contributed by atoms with van der Waals surface area (Å²) >= 11 is 6.17. The lowest BCUT2D eigenvalue weighted by molar-refractivity contribution is 0.326. The van der Waals surface area contributed by atoms with Gasteiger partial charge in [-0.3, -0.25) is 0 Å². The molecule has 0 bridgehead atoms. The molecule has 1 N–H and O–H groups in total. The first-order valence-corrected chi connectivity index (χ1v) is 8.17. The van der Waals surface area contributed by atoms with Gasteiger partial charge < -0.3 is 10.1 Å². The van der Waals surface area contributed by atoms with Crippen molar-refractivity contribution in [2.24, 2.45) is 0 Å². The Bertz CT molecular complexity index is 1030. The van der Waals surface area contributed by atoms with E-state index < -0.39 is 6.04 Å². The van der Waals surface area contributed by atoms with Crippen molar-refractivity contribution in [1.29, 1.82) is 0 Å². The number of ether oxygens (including phenoxy) is 1. The van der Waals surface area contributed by atoms with E-state index in [1.54, 1.807) is 22.9 Å². The maximum Gasteiger partial charge on any atom is 0.226 e. The molecule has 5 rings (SSSR count). The van der Waals surface area contributed by atoms with Crippen molar-refractivity contribution in [2.45, 2.75) is 6.04 Å². The minimum absolute atomic E-state index is 0.292. The van der Waals surface area contributed by atoms with Crippen LogP contribution in [0, 0.1) is 5.82 Å². The van der Waals surface area contributed by atoms with Crippen LogP contribution < -0.4 is 10.1 Å². The van der Waals surface area contributed by atoms with Gasteiger partial charge in [-0.25, -0.2) is 9.07 Å². The molecule has 2 aliphatic heterocycles. The number of hydrogen-bond acceptors (Lipinski definition) is 4. The third kappa shape index (κ3) is 2.14. The Morgan fingerprint density at radius 2 is 2.12 bits per heavy atom. The van der Waals surface area contributed by atoms with E-state index in [4.69, 9.17) is 16.3 Å². The second-order valence-electron chi connectivity index (χ2n) is 5.91. The Balaban J connectivity index is 1.77. The molecular formula is C18H12ClFN4O. The smallest absolute Gasteiger partial charge is 0.226 e. The Kier molecular flexibility index (Phi) is 3.08. The van der Waals surface area contributed by atoms with Gasteiger partial charge >= 0.3 is 0 Å². The molecule has 0 aliphatic carbocycles. The van der Waals surface area contributed by atoms with Crippen LogP contribution in [0.15, 0.2) is 54.4 Å². The lowest BCUT2D eigenvalue weighted by atomic mass is 9.91. The fourth-order valence-electron chi connectivity index (χ4n) is 3.39. The van der Waals surface area contributed by atoms with Crippen LogP contribution in [0.1, 0.15) is 17.2 Å². The Morgan fingerprint density at radius 1 is 1.24 bits per heavy atom. The summed E-state index contributed by atoms with van der Waals surface area (Å²) in [7, 11) is 0. The highest BCUT2D eigenvalue weighted by molar-refractivity contribution is 6.30. The summed E-state index contributed by atoms with van der Waals surface area (Å²) in [4.78, 5) is 4.26. The molecule has 3 aromatic rings. The van der Waals surface area contributed by atoms with Crippen LogP contribution in [0.25, 0.3) is 5.70 Å². The van der Waals surface area contributed by atoms with E-state index in [1.807, 2.05) is 18.2 Å². The maximum absolute atomic E-state index is 14.5. The Labute approximate surface area is 147 Å². The van der Waals surface area contributed by atoms with Crippen LogP contribution in [0.3, 0.4) is 0 Å². The van der Waals surface area contributed by atoms with Gasteiger partial charge in [-0.15, -0.1) is 0 Å². The monoisotopic (exact) mass is 354 g/mol. The van der Waals surface area contributed by atoms with Gasteiger partial charge in [-0.2, -0.15) is 10.1 Å². The molecule has 0 radical (unpaired) electrons. The molecule has 5 nitrogen and oxygen atoms in total. The Hall–Kier alpha value is -2.86. The van der Waals surface area contributed by atoms with Gasteiger partial charge in [0.2, 0.25) is 5.95 Å². The highest BCUT2D eigenvalue weighted by Crippen LogP contribution is 2.44. The van der Waals surface area contributed by atoms with Crippen LogP contribution >= 0.6 is 11.6 Å². The topological polar surface area (TPSA) is 52.0 Å². The van der Waals surface area contributed by atoms with Gasteiger partial charge in [0.25, 0.3) is 0 Å². The highest BCUT2D eigenvalue weighted by Gasteiger charge is 2.36. The van der Waals surface area contributed by atoms with Crippen molar-refractivity contribution in [1.82, 2.24) is 14.8 Å². The molecule has 0 saturated heterocycles. The zero-order valence-electron chi connectivity index (χ0n) is 12.9. The van der Waals surface area contributed by atoms with E-state index in [2.05, 4.69) is 15.4 Å². The van der Waals surface area contributed by atoms with Gasteiger partial charge in [0, 0.05) is 21.7 Å². The summed E-state index contributed by atoms with van der Waals surface area (Å²) < 4.78 is 22.1. The van der Waals surface area contributed by atoms with E-state index in [1.165, 1.54) is 12.4 Å². The molecule has 7 heteroatoms. The van der Waals surface area contributed by atoms with Crippen LogP contribution in [-0.2, 0) is 0 Å². The van der Waals surface area contributed by atoms with Crippen molar-refractivity contribution in [3.8, 4) is 5.75 Å². The molecule has 3 heterocycles. The van der Waals surface area contributed by atoms with Gasteiger partial charge in [0.1, 0.15) is 30.5 Å². The molecule has 0 fully saturated rings. The number of fused-ring (bicyclic) bond motifs is 3. The summed E-state index contributed by atoms with van der Waals surface area (Å²) in [6.07, 6.45) is 1.45. The zero-order valence-corrected chi connectivity index (χ0v) is 13.7. The number of anilines is 1. The van der Waals surface area contributed by atoms with Gasteiger partial charge in [-0.1, -0.05) is 29.8 Å². The lowest BCUT2D eigenvalue weighted by Gasteiger charge is -2.34. The predicted octanol–water partition coefficient (Wildman–Crippen LogP) is 3.89. The number of nitrogens with one attached hydrogen (secondary N) is 1. The van der Waals surface area contributed by atoms with Crippen molar-refractivity contribution < 1.29 is 9.13 Å². The van der Waals surface area contributed by atoms with E-state index in [0.717, 1.165) is 22.6 Å². The number of rotatable bonds is 1. The first-order valence-electron chi connectivity index (χ1n) is 7.79. The SMILES string of the molecule is Fc1ccccc1C1C2=C(Nc3ncnn31)c1cc(Cl)ccc1OC2. The van der Waals surface area contributed by atoms with Crippen LogP contribution in [0.5, 0.6) is 5.75 Å². The molecule has 1 atom stereocenters. The molecule has 1 aromatic heterocycles. The predicted molar refractivity (Wildman–Crippen MR) is 92.1 cm³/mol. The average molecular weight is 355 g/mol. The van der Waals surface area contributed by atoms with Gasteiger partial charge in [-0.05, 0) is 24.3 Å². The summed E-state index contributed by atoms with van der Waals surface area (Å²) in [5.74, 6) is 0.996. The molecular weight excluding hydrogens is 343 g/mol. The number of aromatic nitrogens is 3. The van der Waals surface area contributed by atoms with E-state index in [9.17, 15) is 4.39 Å². The number of halogens is 2. The molecule has 1 unspecified atom stereocenters. The number of hydrogen-bond donors (Lipinski definition) is 1. The van der Waals surface area contributed by atoms with Gasteiger partial charge in [0.05, 0.1) is 5.70 Å². The fraction of sp³-hybridized carbons (Fsp3) is 0.111. The summed E-state index contributed by atoms with van der Waals surface area (Å²) in [5, 5.41) is 8.17. The zero-order chi connectivity index (χ0) is 17.0. The number of nitrogens with zero attached hydrogens (tertiary/aromatic N) is 3. The first-order chi connectivity index (χ1) is 12.2. The maximum atomic E-state index is 14.5. The van der Waals surface area contributed by atoms with E-state index in [-0.39, 0.29) is 5.82 Å². The number of benzene rings is 2. The minimum Gasteiger partial charge on any atom is -0.488 e. The van der Waals surface area contributed by atoms with E-state index >= 15 is 0 Å². The average Bonchev–Trinajstić information content (AvgIpc) is 3.08.